The SMILES string of the molecule is Cc1ccc(C(O)CCN2CCN(CC(C)C)CC2)cc1. The number of nitrogens with zero attached hydrogens (tertiary/aromatic N) is 2. The summed E-state index contributed by atoms with van der Waals surface area (Å²) in [7, 11) is 0. The van der Waals surface area contributed by atoms with Crippen LogP contribution in [-0.4, -0.2) is 54.2 Å². The van der Waals surface area contributed by atoms with Crippen molar-refractivity contribution < 1.29 is 5.11 Å². The van der Waals surface area contributed by atoms with E-state index in [1.165, 1.54) is 25.2 Å². The number of hydrogen-bond acceptors (Lipinski definition) is 3. The summed E-state index contributed by atoms with van der Waals surface area (Å²) in [4.78, 5) is 5.03. The highest BCUT2D eigenvalue weighted by Crippen LogP contribution is 2.18. The molecule has 21 heavy (non-hydrogen) atoms. The summed E-state index contributed by atoms with van der Waals surface area (Å²) in [6, 6.07) is 8.23. The zero-order valence-electron chi connectivity index (χ0n) is 13.8. The maximum absolute atomic E-state index is 10.3. The molecule has 1 unspecified atom stereocenters. The summed E-state index contributed by atoms with van der Waals surface area (Å²) in [5.41, 5.74) is 2.28. The maximum atomic E-state index is 10.3. The Kier molecular flexibility index (Phi) is 6.22. The van der Waals surface area contributed by atoms with Crippen LogP contribution in [0.25, 0.3) is 0 Å². The van der Waals surface area contributed by atoms with Gasteiger partial charge in [0.2, 0.25) is 0 Å². The third-order valence-electron chi connectivity index (χ3n) is 4.27. The number of aliphatic hydroxyl groups excluding tert-OH is 1. The molecular weight excluding hydrogens is 260 g/mol. The molecule has 1 fully saturated rings. The Balaban J connectivity index is 1.70. The first-order chi connectivity index (χ1) is 10.0. The van der Waals surface area contributed by atoms with Gasteiger partial charge >= 0.3 is 0 Å². The van der Waals surface area contributed by atoms with E-state index in [-0.39, 0.29) is 6.10 Å². The van der Waals surface area contributed by atoms with Crippen molar-refractivity contribution in [2.75, 3.05) is 39.3 Å². The third-order valence-corrected chi connectivity index (χ3v) is 4.27. The summed E-state index contributed by atoms with van der Waals surface area (Å²) in [6.07, 6.45) is 0.493. The van der Waals surface area contributed by atoms with E-state index in [0.29, 0.717) is 0 Å². The Morgan fingerprint density at radius 3 is 2.14 bits per heavy atom. The van der Waals surface area contributed by atoms with Gasteiger partial charge in [-0.15, -0.1) is 0 Å². The van der Waals surface area contributed by atoms with Gasteiger partial charge in [0.15, 0.2) is 0 Å². The molecule has 1 N–H and O–H groups in total. The second-order valence-corrected chi connectivity index (χ2v) is 6.75. The molecule has 0 aliphatic carbocycles. The highest BCUT2D eigenvalue weighted by Gasteiger charge is 2.18. The number of hydrogen-bond donors (Lipinski definition) is 1. The van der Waals surface area contributed by atoms with E-state index < -0.39 is 0 Å². The van der Waals surface area contributed by atoms with Crippen LogP contribution in [-0.2, 0) is 0 Å². The average molecular weight is 290 g/mol. The summed E-state index contributed by atoms with van der Waals surface area (Å²) < 4.78 is 0. The summed E-state index contributed by atoms with van der Waals surface area (Å²) in [5.74, 6) is 0.750. The second-order valence-electron chi connectivity index (χ2n) is 6.75. The van der Waals surface area contributed by atoms with E-state index in [1.54, 1.807) is 0 Å². The van der Waals surface area contributed by atoms with Gasteiger partial charge in [-0.1, -0.05) is 43.7 Å². The fraction of sp³-hybridized carbons (Fsp3) is 0.667. The van der Waals surface area contributed by atoms with Gasteiger partial charge in [0.25, 0.3) is 0 Å². The van der Waals surface area contributed by atoms with Crippen molar-refractivity contribution in [2.45, 2.75) is 33.3 Å². The zero-order valence-corrected chi connectivity index (χ0v) is 13.8. The van der Waals surface area contributed by atoms with Crippen LogP contribution >= 0.6 is 0 Å². The molecular formula is C18H30N2O. The Morgan fingerprint density at radius 2 is 1.57 bits per heavy atom. The van der Waals surface area contributed by atoms with Crippen molar-refractivity contribution >= 4 is 0 Å². The van der Waals surface area contributed by atoms with Gasteiger partial charge in [0.05, 0.1) is 6.10 Å². The van der Waals surface area contributed by atoms with Crippen LogP contribution in [0.2, 0.25) is 0 Å². The molecule has 0 spiro atoms. The van der Waals surface area contributed by atoms with Crippen LogP contribution in [0.4, 0.5) is 0 Å². The Labute approximate surface area is 129 Å². The molecule has 1 heterocycles. The lowest BCUT2D eigenvalue weighted by Crippen LogP contribution is -2.47. The molecule has 1 atom stereocenters. The van der Waals surface area contributed by atoms with Crippen molar-refractivity contribution in [3.63, 3.8) is 0 Å². The number of piperazine rings is 1. The van der Waals surface area contributed by atoms with Gasteiger partial charge in [0.1, 0.15) is 0 Å². The quantitative estimate of drug-likeness (QED) is 0.872. The van der Waals surface area contributed by atoms with Crippen LogP contribution in [0.1, 0.15) is 37.5 Å². The number of aryl methyl sites for hydroxylation is 1. The van der Waals surface area contributed by atoms with Crippen LogP contribution < -0.4 is 0 Å². The van der Waals surface area contributed by atoms with Gasteiger partial charge in [-0.3, -0.25) is 0 Å². The van der Waals surface area contributed by atoms with Crippen molar-refractivity contribution in [1.29, 1.82) is 0 Å². The second kappa shape index (κ2) is 7.92. The van der Waals surface area contributed by atoms with Crippen LogP contribution in [0, 0.1) is 12.8 Å². The Bertz CT molecular complexity index is 408. The van der Waals surface area contributed by atoms with E-state index in [2.05, 4.69) is 42.7 Å². The molecule has 1 saturated heterocycles. The lowest BCUT2D eigenvalue weighted by molar-refractivity contribution is 0.0970. The predicted octanol–water partition coefficient (Wildman–Crippen LogP) is 2.69. The molecule has 0 radical (unpaired) electrons. The van der Waals surface area contributed by atoms with Gasteiger partial charge < -0.3 is 14.9 Å². The van der Waals surface area contributed by atoms with Crippen molar-refractivity contribution in [3.8, 4) is 0 Å². The van der Waals surface area contributed by atoms with E-state index in [0.717, 1.165) is 37.5 Å². The fourth-order valence-corrected chi connectivity index (χ4v) is 2.97. The molecule has 3 nitrogen and oxygen atoms in total. The number of benzene rings is 1. The van der Waals surface area contributed by atoms with Gasteiger partial charge in [-0.25, -0.2) is 0 Å². The minimum atomic E-state index is -0.334. The first-order valence-electron chi connectivity index (χ1n) is 8.24. The van der Waals surface area contributed by atoms with E-state index in [9.17, 15) is 5.11 Å². The van der Waals surface area contributed by atoms with E-state index >= 15 is 0 Å². The Hall–Kier alpha value is -0.900. The number of rotatable bonds is 6. The fourth-order valence-electron chi connectivity index (χ4n) is 2.97. The molecule has 3 heteroatoms. The molecule has 1 aromatic carbocycles. The van der Waals surface area contributed by atoms with Gasteiger partial charge in [-0.2, -0.15) is 0 Å². The zero-order chi connectivity index (χ0) is 15.2. The smallest absolute Gasteiger partial charge is 0.0802 e. The first kappa shape index (κ1) is 16.5. The Morgan fingerprint density at radius 1 is 1.00 bits per heavy atom. The van der Waals surface area contributed by atoms with Crippen LogP contribution in [0.15, 0.2) is 24.3 Å². The summed E-state index contributed by atoms with van der Waals surface area (Å²) in [6.45, 7) is 13.4. The largest absolute Gasteiger partial charge is 0.388 e. The molecule has 2 rings (SSSR count). The normalized spacial score (nSPS) is 19.1. The minimum absolute atomic E-state index is 0.334. The lowest BCUT2D eigenvalue weighted by atomic mass is 10.0. The topological polar surface area (TPSA) is 26.7 Å². The molecule has 0 saturated carbocycles. The molecule has 0 bridgehead atoms. The predicted molar refractivity (Wildman–Crippen MR) is 88.5 cm³/mol. The van der Waals surface area contributed by atoms with Gasteiger partial charge in [0, 0.05) is 39.3 Å². The van der Waals surface area contributed by atoms with E-state index in [1.807, 2.05) is 12.1 Å². The molecule has 118 valence electrons. The summed E-state index contributed by atoms with van der Waals surface area (Å²) in [5, 5.41) is 10.3. The molecule has 0 aromatic heterocycles. The van der Waals surface area contributed by atoms with E-state index in [4.69, 9.17) is 0 Å². The minimum Gasteiger partial charge on any atom is -0.388 e. The molecule has 1 aliphatic rings. The molecule has 0 amide bonds. The highest BCUT2D eigenvalue weighted by molar-refractivity contribution is 5.23. The maximum Gasteiger partial charge on any atom is 0.0802 e. The van der Waals surface area contributed by atoms with Crippen molar-refractivity contribution in [1.82, 2.24) is 9.80 Å². The third kappa shape index (κ3) is 5.42. The number of aliphatic hydroxyl groups is 1. The first-order valence-corrected chi connectivity index (χ1v) is 8.24. The average Bonchev–Trinajstić information content (AvgIpc) is 2.46. The van der Waals surface area contributed by atoms with Crippen LogP contribution in [0.5, 0.6) is 0 Å². The van der Waals surface area contributed by atoms with Gasteiger partial charge in [-0.05, 0) is 24.8 Å². The highest BCUT2D eigenvalue weighted by atomic mass is 16.3. The van der Waals surface area contributed by atoms with Crippen molar-refractivity contribution in [2.24, 2.45) is 5.92 Å². The molecule has 1 aliphatic heterocycles. The van der Waals surface area contributed by atoms with Crippen LogP contribution in [0.3, 0.4) is 0 Å². The summed E-state index contributed by atoms with van der Waals surface area (Å²) >= 11 is 0. The monoisotopic (exact) mass is 290 g/mol. The lowest BCUT2D eigenvalue weighted by Gasteiger charge is -2.35. The van der Waals surface area contributed by atoms with Crippen molar-refractivity contribution in [3.05, 3.63) is 35.4 Å². The standard InChI is InChI=1S/C18H30N2O/c1-15(2)14-20-12-10-19(11-13-20)9-8-18(21)17-6-4-16(3)5-7-17/h4-7,15,18,21H,8-14H2,1-3H3. The molecule has 1 aromatic rings.